The highest BCUT2D eigenvalue weighted by atomic mass is 35.5. The number of carbonyl (C=O) groups is 2. The van der Waals surface area contributed by atoms with E-state index in [1.54, 1.807) is 18.2 Å². The Morgan fingerprint density at radius 2 is 1.46 bits per heavy atom. The summed E-state index contributed by atoms with van der Waals surface area (Å²) in [6.07, 6.45) is 2.80. The van der Waals surface area contributed by atoms with Crippen LogP contribution in [-0.2, 0) is 0 Å². The highest BCUT2D eigenvalue weighted by Gasteiger charge is 2.17. The molecular formula is C17H17Cl2N3O2. The van der Waals surface area contributed by atoms with E-state index in [0.29, 0.717) is 21.3 Å². The van der Waals surface area contributed by atoms with Crippen molar-refractivity contribution in [3.63, 3.8) is 0 Å². The zero-order chi connectivity index (χ0) is 17.9. The van der Waals surface area contributed by atoms with Crippen molar-refractivity contribution in [2.24, 2.45) is 0 Å². The summed E-state index contributed by atoms with van der Waals surface area (Å²) in [4.78, 5) is 28.5. The number of anilines is 1. The van der Waals surface area contributed by atoms with Crippen LogP contribution in [-0.4, -0.2) is 22.3 Å². The van der Waals surface area contributed by atoms with Crippen LogP contribution < -0.4 is 10.6 Å². The van der Waals surface area contributed by atoms with Gasteiger partial charge in [-0.1, -0.05) is 23.2 Å². The van der Waals surface area contributed by atoms with Gasteiger partial charge >= 0.3 is 0 Å². The van der Waals surface area contributed by atoms with E-state index in [4.69, 9.17) is 23.2 Å². The molecule has 1 aromatic carbocycles. The Hall–Kier alpha value is -2.11. The van der Waals surface area contributed by atoms with E-state index in [2.05, 4.69) is 15.6 Å². The SMILES string of the molecule is CC(C)(C)NC(=O)c1cncc(C(=O)Nc2cc(Cl)cc(Cl)c2)c1. The second-order valence-electron chi connectivity index (χ2n) is 6.28. The monoisotopic (exact) mass is 365 g/mol. The molecule has 126 valence electrons. The highest BCUT2D eigenvalue weighted by molar-refractivity contribution is 6.35. The number of hydrogen-bond donors (Lipinski definition) is 2. The van der Waals surface area contributed by atoms with Gasteiger partial charge in [-0.3, -0.25) is 14.6 Å². The highest BCUT2D eigenvalue weighted by Crippen LogP contribution is 2.23. The van der Waals surface area contributed by atoms with Crippen molar-refractivity contribution in [3.8, 4) is 0 Å². The fourth-order valence-corrected chi connectivity index (χ4v) is 2.46. The molecule has 2 amide bonds. The molecule has 0 aliphatic heterocycles. The Kier molecular flexibility index (Phi) is 5.47. The van der Waals surface area contributed by atoms with Crippen LogP contribution in [0.4, 0.5) is 5.69 Å². The molecule has 0 saturated heterocycles. The summed E-state index contributed by atoms with van der Waals surface area (Å²) in [5.41, 5.74) is 0.642. The van der Waals surface area contributed by atoms with Crippen molar-refractivity contribution in [1.82, 2.24) is 10.3 Å². The van der Waals surface area contributed by atoms with E-state index < -0.39 is 5.91 Å². The predicted molar refractivity (Wildman–Crippen MR) is 95.9 cm³/mol. The molecule has 2 rings (SSSR count). The second kappa shape index (κ2) is 7.20. The van der Waals surface area contributed by atoms with Crippen molar-refractivity contribution >= 4 is 40.7 Å². The van der Waals surface area contributed by atoms with Gasteiger partial charge < -0.3 is 10.6 Å². The Balaban J connectivity index is 2.18. The molecule has 0 fully saturated rings. The third-order valence-electron chi connectivity index (χ3n) is 2.87. The lowest BCUT2D eigenvalue weighted by Gasteiger charge is -2.20. The van der Waals surface area contributed by atoms with Crippen LogP contribution in [0.1, 0.15) is 41.5 Å². The molecule has 0 aliphatic rings. The number of hydrogen-bond acceptors (Lipinski definition) is 3. The zero-order valence-electron chi connectivity index (χ0n) is 13.5. The number of benzene rings is 1. The van der Waals surface area contributed by atoms with E-state index in [-0.39, 0.29) is 17.0 Å². The van der Waals surface area contributed by atoms with E-state index in [0.717, 1.165) is 0 Å². The lowest BCUT2D eigenvalue weighted by molar-refractivity contribution is 0.0919. The molecule has 0 aliphatic carbocycles. The summed E-state index contributed by atoms with van der Waals surface area (Å²) in [6, 6.07) is 6.21. The number of carbonyl (C=O) groups excluding carboxylic acids is 2. The second-order valence-corrected chi connectivity index (χ2v) is 7.15. The first kappa shape index (κ1) is 18.2. The van der Waals surface area contributed by atoms with Gasteiger partial charge in [0.25, 0.3) is 11.8 Å². The minimum Gasteiger partial charge on any atom is -0.347 e. The Labute approximate surface area is 150 Å². The lowest BCUT2D eigenvalue weighted by atomic mass is 10.1. The molecule has 24 heavy (non-hydrogen) atoms. The molecule has 0 atom stereocenters. The number of rotatable bonds is 3. The average molecular weight is 366 g/mol. The predicted octanol–water partition coefficient (Wildman–Crippen LogP) is 4.17. The number of aromatic nitrogens is 1. The number of pyridine rings is 1. The zero-order valence-corrected chi connectivity index (χ0v) is 15.0. The van der Waals surface area contributed by atoms with Crippen molar-refractivity contribution in [3.05, 3.63) is 57.8 Å². The molecule has 1 aromatic heterocycles. The molecule has 0 spiro atoms. The summed E-state index contributed by atoms with van der Waals surface area (Å²) in [6.45, 7) is 5.62. The Bertz CT molecular complexity index is 765. The number of amides is 2. The summed E-state index contributed by atoms with van der Waals surface area (Å²) < 4.78 is 0. The quantitative estimate of drug-likeness (QED) is 0.857. The molecule has 5 nitrogen and oxygen atoms in total. The van der Waals surface area contributed by atoms with Crippen LogP contribution in [0.5, 0.6) is 0 Å². The maximum absolute atomic E-state index is 12.3. The molecule has 1 heterocycles. The first-order valence-corrected chi connectivity index (χ1v) is 7.95. The summed E-state index contributed by atoms with van der Waals surface area (Å²) >= 11 is 11.8. The maximum atomic E-state index is 12.3. The van der Waals surface area contributed by atoms with Crippen molar-refractivity contribution in [2.75, 3.05) is 5.32 Å². The lowest BCUT2D eigenvalue weighted by Crippen LogP contribution is -2.40. The summed E-state index contributed by atoms with van der Waals surface area (Å²) in [5.74, 6) is -0.707. The minimum absolute atomic E-state index is 0.257. The van der Waals surface area contributed by atoms with Gasteiger partial charge in [0, 0.05) is 33.7 Å². The molecule has 2 aromatic rings. The van der Waals surface area contributed by atoms with Crippen LogP contribution in [0.25, 0.3) is 0 Å². The molecule has 2 N–H and O–H groups in total. The van der Waals surface area contributed by atoms with Gasteiger partial charge in [0.15, 0.2) is 0 Å². The standard InChI is InChI=1S/C17H17Cl2N3O2/c1-17(2,3)22-16(24)11-4-10(8-20-9-11)15(23)21-14-6-12(18)5-13(19)7-14/h4-9H,1-3H3,(H,21,23)(H,22,24). The van der Waals surface area contributed by atoms with Crippen molar-refractivity contribution < 1.29 is 9.59 Å². The molecular weight excluding hydrogens is 349 g/mol. The third kappa shape index (κ3) is 5.22. The molecule has 0 saturated carbocycles. The van der Waals surface area contributed by atoms with Crippen LogP contribution in [0.2, 0.25) is 10.0 Å². The fraction of sp³-hybridized carbons (Fsp3) is 0.235. The summed E-state index contributed by atoms with van der Waals surface area (Å²) in [5, 5.41) is 6.32. The van der Waals surface area contributed by atoms with Crippen molar-refractivity contribution in [2.45, 2.75) is 26.3 Å². The van der Waals surface area contributed by atoms with Crippen LogP contribution >= 0.6 is 23.2 Å². The fourth-order valence-electron chi connectivity index (χ4n) is 1.93. The average Bonchev–Trinajstić information content (AvgIpc) is 2.44. The molecule has 0 unspecified atom stereocenters. The first-order chi connectivity index (χ1) is 11.1. The van der Waals surface area contributed by atoms with E-state index in [1.807, 2.05) is 20.8 Å². The first-order valence-electron chi connectivity index (χ1n) is 7.19. The van der Waals surface area contributed by atoms with E-state index in [1.165, 1.54) is 18.5 Å². The third-order valence-corrected chi connectivity index (χ3v) is 3.31. The van der Waals surface area contributed by atoms with Gasteiger partial charge in [0.05, 0.1) is 11.1 Å². The smallest absolute Gasteiger partial charge is 0.257 e. The van der Waals surface area contributed by atoms with Gasteiger partial charge in [-0.15, -0.1) is 0 Å². The van der Waals surface area contributed by atoms with Crippen LogP contribution in [0.3, 0.4) is 0 Å². The van der Waals surface area contributed by atoms with E-state index in [9.17, 15) is 9.59 Å². The summed E-state index contributed by atoms with van der Waals surface area (Å²) in [7, 11) is 0. The molecule has 0 radical (unpaired) electrons. The normalized spacial score (nSPS) is 11.0. The van der Waals surface area contributed by atoms with Gasteiger partial charge in [0.1, 0.15) is 0 Å². The Morgan fingerprint density at radius 3 is 2.00 bits per heavy atom. The van der Waals surface area contributed by atoms with E-state index >= 15 is 0 Å². The van der Waals surface area contributed by atoms with Gasteiger partial charge in [-0.2, -0.15) is 0 Å². The molecule has 7 heteroatoms. The topological polar surface area (TPSA) is 71.1 Å². The van der Waals surface area contributed by atoms with Crippen LogP contribution in [0, 0.1) is 0 Å². The molecule has 0 bridgehead atoms. The Morgan fingerprint density at radius 1 is 0.917 bits per heavy atom. The minimum atomic E-state index is -0.411. The number of nitrogens with zero attached hydrogens (tertiary/aromatic N) is 1. The number of nitrogens with one attached hydrogen (secondary N) is 2. The van der Waals surface area contributed by atoms with Gasteiger partial charge in [-0.25, -0.2) is 0 Å². The van der Waals surface area contributed by atoms with Crippen LogP contribution in [0.15, 0.2) is 36.7 Å². The number of halogens is 2. The maximum Gasteiger partial charge on any atom is 0.257 e. The largest absolute Gasteiger partial charge is 0.347 e. The van der Waals surface area contributed by atoms with Crippen molar-refractivity contribution in [1.29, 1.82) is 0 Å². The van der Waals surface area contributed by atoms with Gasteiger partial charge in [-0.05, 0) is 45.0 Å². The van der Waals surface area contributed by atoms with Gasteiger partial charge in [0.2, 0.25) is 0 Å².